The Kier molecular flexibility index (Phi) is 3.57. The van der Waals surface area contributed by atoms with Crippen LogP contribution < -0.4 is 5.32 Å². The summed E-state index contributed by atoms with van der Waals surface area (Å²) in [5.41, 5.74) is 0.642. The van der Waals surface area contributed by atoms with E-state index in [0.717, 1.165) is 6.04 Å². The van der Waals surface area contributed by atoms with Crippen LogP contribution in [-0.4, -0.2) is 13.1 Å². The van der Waals surface area contributed by atoms with Crippen LogP contribution in [0, 0.1) is 5.41 Å². The smallest absolute Gasteiger partial charge is 0.0118 e. The molecule has 1 rings (SSSR count). The van der Waals surface area contributed by atoms with Crippen molar-refractivity contribution in [3.05, 3.63) is 0 Å². The Bertz CT molecular complexity index is 121. The largest absolute Gasteiger partial charge is 0.316 e. The van der Waals surface area contributed by atoms with Crippen molar-refractivity contribution < 1.29 is 0 Å². The van der Waals surface area contributed by atoms with E-state index in [0.29, 0.717) is 5.41 Å². The quantitative estimate of drug-likeness (QED) is 0.682. The molecule has 0 aromatic heterocycles. The van der Waals surface area contributed by atoms with Gasteiger partial charge < -0.3 is 5.32 Å². The maximum Gasteiger partial charge on any atom is 0.0118 e. The molecule has 0 aliphatic heterocycles. The van der Waals surface area contributed by atoms with Crippen LogP contribution in [0.1, 0.15) is 52.4 Å². The first-order valence-corrected chi connectivity index (χ1v) is 5.46. The van der Waals surface area contributed by atoms with Gasteiger partial charge in [-0.15, -0.1) is 0 Å². The normalized spacial score (nSPS) is 24.2. The van der Waals surface area contributed by atoms with E-state index in [1.807, 2.05) is 0 Å². The third kappa shape index (κ3) is 1.66. The molecule has 1 fully saturated rings. The molecule has 0 spiro atoms. The minimum atomic E-state index is 0.642. The van der Waals surface area contributed by atoms with E-state index in [4.69, 9.17) is 0 Å². The average Bonchev–Trinajstić information content (AvgIpc) is 2.56. The van der Waals surface area contributed by atoms with Crippen molar-refractivity contribution in [2.24, 2.45) is 5.41 Å². The van der Waals surface area contributed by atoms with Gasteiger partial charge in [0.15, 0.2) is 0 Å². The van der Waals surface area contributed by atoms with E-state index in [9.17, 15) is 0 Å². The summed E-state index contributed by atoms with van der Waals surface area (Å²) in [6.45, 7) is 4.65. The van der Waals surface area contributed by atoms with Gasteiger partial charge in [0.2, 0.25) is 0 Å². The van der Waals surface area contributed by atoms with Crippen LogP contribution in [0.3, 0.4) is 0 Å². The first-order chi connectivity index (χ1) is 5.79. The number of nitrogens with one attached hydrogen (secondary N) is 1. The molecule has 0 aromatic rings. The van der Waals surface area contributed by atoms with Gasteiger partial charge in [0, 0.05) is 6.04 Å². The molecule has 0 aromatic carbocycles. The highest BCUT2D eigenvalue weighted by Crippen LogP contribution is 2.44. The van der Waals surface area contributed by atoms with E-state index in [1.165, 1.54) is 38.5 Å². The summed E-state index contributed by atoms with van der Waals surface area (Å²) in [5.74, 6) is 0. The molecule has 1 unspecified atom stereocenters. The molecule has 72 valence electrons. The lowest BCUT2D eigenvalue weighted by Gasteiger charge is -2.36. The maximum atomic E-state index is 3.49. The van der Waals surface area contributed by atoms with Crippen LogP contribution in [0.25, 0.3) is 0 Å². The zero-order valence-electron chi connectivity index (χ0n) is 8.82. The molecule has 0 radical (unpaired) electrons. The van der Waals surface area contributed by atoms with Gasteiger partial charge in [-0.2, -0.15) is 0 Å². The first kappa shape index (κ1) is 10.0. The van der Waals surface area contributed by atoms with E-state index in [2.05, 4.69) is 26.2 Å². The van der Waals surface area contributed by atoms with Gasteiger partial charge >= 0.3 is 0 Å². The summed E-state index contributed by atoms with van der Waals surface area (Å²) in [5, 5.41) is 3.49. The average molecular weight is 169 g/mol. The monoisotopic (exact) mass is 169 g/mol. The van der Waals surface area contributed by atoms with Crippen molar-refractivity contribution >= 4 is 0 Å². The summed E-state index contributed by atoms with van der Waals surface area (Å²) in [7, 11) is 2.11. The fourth-order valence-corrected chi connectivity index (χ4v) is 2.97. The van der Waals surface area contributed by atoms with Crippen molar-refractivity contribution in [3.8, 4) is 0 Å². The highest BCUT2D eigenvalue weighted by molar-refractivity contribution is 4.92. The fourth-order valence-electron chi connectivity index (χ4n) is 2.97. The lowest BCUT2D eigenvalue weighted by Crippen LogP contribution is -2.41. The van der Waals surface area contributed by atoms with Crippen LogP contribution in [-0.2, 0) is 0 Å². The standard InChI is InChI=1S/C11H23N/c1-4-10(12-3)11(5-2)8-6-7-9-11/h10,12H,4-9H2,1-3H3. The van der Waals surface area contributed by atoms with Gasteiger partial charge in [-0.25, -0.2) is 0 Å². The van der Waals surface area contributed by atoms with Crippen molar-refractivity contribution in [3.63, 3.8) is 0 Å². The van der Waals surface area contributed by atoms with Gasteiger partial charge in [0.25, 0.3) is 0 Å². The highest BCUT2D eigenvalue weighted by atomic mass is 14.9. The van der Waals surface area contributed by atoms with E-state index in [1.54, 1.807) is 0 Å². The Balaban J connectivity index is 2.63. The summed E-state index contributed by atoms with van der Waals surface area (Å²) < 4.78 is 0. The second-order valence-corrected chi connectivity index (χ2v) is 4.17. The molecule has 1 aliphatic carbocycles. The Morgan fingerprint density at radius 1 is 1.25 bits per heavy atom. The third-order valence-electron chi connectivity index (χ3n) is 3.80. The first-order valence-electron chi connectivity index (χ1n) is 5.46. The fraction of sp³-hybridized carbons (Fsp3) is 1.00. The van der Waals surface area contributed by atoms with Crippen LogP contribution in [0.15, 0.2) is 0 Å². The minimum Gasteiger partial charge on any atom is -0.316 e. The molecule has 1 nitrogen and oxygen atoms in total. The molecule has 0 heterocycles. The SMILES string of the molecule is CCC(NC)C1(CC)CCCC1. The molecule has 1 atom stereocenters. The number of rotatable bonds is 4. The Hall–Kier alpha value is -0.0400. The summed E-state index contributed by atoms with van der Waals surface area (Å²) >= 11 is 0. The zero-order chi connectivity index (χ0) is 9.03. The molecule has 1 saturated carbocycles. The molecule has 1 aliphatic rings. The Morgan fingerprint density at radius 2 is 1.83 bits per heavy atom. The van der Waals surface area contributed by atoms with Crippen molar-refractivity contribution in [2.75, 3.05) is 7.05 Å². The lowest BCUT2D eigenvalue weighted by atomic mass is 9.75. The van der Waals surface area contributed by atoms with E-state index in [-0.39, 0.29) is 0 Å². The van der Waals surface area contributed by atoms with Crippen molar-refractivity contribution in [1.29, 1.82) is 0 Å². The molecule has 0 amide bonds. The molecular weight excluding hydrogens is 146 g/mol. The number of hydrogen-bond donors (Lipinski definition) is 1. The molecule has 1 heteroatoms. The lowest BCUT2D eigenvalue weighted by molar-refractivity contribution is 0.189. The summed E-state index contributed by atoms with van der Waals surface area (Å²) in [6.07, 6.45) is 8.43. The zero-order valence-corrected chi connectivity index (χ0v) is 8.82. The second-order valence-electron chi connectivity index (χ2n) is 4.17. The van der Waals surface area contributed by atoms with E-state index >= 15 is 0 Å². The minimum absolute atomic E-state index is 0.642. The van der Waals surface area contributed by atoms with E-state index < -0.39 is 0 Å². The van der Waals surface area contributed by atoms with Gasteiger partial charge in [-0.3, -0.25) is 0 Å². The van der Waals surface area contributed by atoms with Crippen LogP contribution >= 0.6 is 0 Å². The maximum absolute atomic E-state index is 3.49. The van der Waals surface area contributed by atoms with Crippen molar-refractivity contribution in [1.82, 2.24) is 5.32 Å². The van der Waals surface area contributed by atoms with Crippen molar-refractivity contribution in [2.45, 2.75) is 58.4 Å². The number of hydrogen-bond acceptors (Lipinski definition) is 1. The predicted molar refractivity (Wildman–Crippen MR) is 54.3 cm³/mol. The Labute approximate surface area is 76.9 Å². The predicted octanol–water partition coefficient (Wildman–Crippen LogP) is 2.95. The summed E-state index contributed by atoms with van der Waals surface area (Å²) in [4.78, 5) is 0. The molecule has 0 saturated heterocycles. The molecule has 0 bridgehead atoms. The second kappa shape index (κ2) is 4.27. The molecule has 1 N–H and O–H groups in total. The molecule has 12 heavy (non-hydrogen) atoms. The van der Waals surface area contributed by atoms with Crippen LogP contribution in [0.5, 0.6) is 0 Å². The van der Waals surface area contributed by atoms with Crippen LogP contribution in [0.4, 0.5) is 0 Å². The molecular formula is C11H23N. The van der Waals surface area contributed by atoms with Gasteiger partial charge in [0.05, 0.1) is 0 Å². The Morgan fingerprint density at radius 3 is 2.17 bits per heavy atom. The van der Waals surface area contributed by atoms with Gasteiger partial charge in [-0.1, -0.05) is 26.7 Å². The van der Waals surface area contributed by atoms with Gasteiger partial charge in [0.1, 0.15) is 0 Å². The van der Waals surface area contributed by atoms with Gasteiger partial charge in [-0.05, 0) is 38.1 Å². The topological polar surface area (TPSA) is 12.0 Å². The highest BCUT2D eigenvalue weighted by Gasteiger charge is 2.37. The summed E-state index contributed by atoms with van der Waals surface area (Å²) in [6, 6.07) is 0.755. The third-order valence-corrected chi connectivity index (χ3v) is 3.80. The van der Waals surface area contributed by atoms with Crippen LogP contribution in [0.2, 0.25) is 0 Å².